The zero-order valence-electron chi connectivity index (χ0n) is 12.1. The van der Waals surface area contributed by atoms with E-state index in [9.17, 15) is 4.79 Å². The van der Waals surface area contributed by atoms with Crippen LogP contribution in [-0.4, -0.2) is 39.2 Å². The van der Waals surface area contributed by atoms with Gasteiger partial charge in [-0.25, -0.2) is 4.79 Å². The van der Waals surface area contributed by atoms with Crippen molar-refractivity contribution < 1.29 is 9.90 Å². The number of aromatic carboxylic acids is 1. The summed E-state index contributed by atoms with van der Waals surface area (Å²) < 4.78 is 1.57. The first-order valence-electron chi connectivity index (χ1n) is 7.49. The van der Waals surface area contributed by atoms with Crippen LogP contribution in [0.1, 0.15) is 49.5 Å². The number of hydrogen-bond donors (Lipinski definition) is 2. The van der Waals surface area contributed by atoms with Crippen molar-refractivity contribution in [1.82, 2.24) is 20.3 Å². The van der Waals surface area contributed by atoms with Crippen LogP contribution in [0.3, 0.4) is 0 Å². The molecule has 2 atom stereocenters. The van der Waals surface area contributed by atoms with Crippen LogP contribution in [0.5, 0.6) is 0 Å². The summed E-state index contributed by atoms with van der Waals surface area (Å²) in [5, 5.41) is 19.5. The topological polar surface area (TPSA) is 80.0 Å². The highest BCUT2D eigenvalue weighted by Crippen LogP contribution is 2.30. The summed E-state index contributed by atoms with van der Waals surface area (Å²) in [6.45, 7) is 4.83. The molecule has 0 spiro atoms. The van der Waals surface area contributed by atoms with Gasteiger partial charge in [-0.15, -0.1) is 5.10 Å². The fourth-order valence-electron chi connectivity index (χ4n) is 2.95. The van der Waals surface area contributed by atoms with E-state index in [0.29, 0.717) is 6.54 Å². The second-order valence-electron chi connectivity index (χ2n) is 5.85. The Labute approximate surface area is 119 Å². The standard InChI is InChI=1S/C14H24N4O2/c1-11-3-2-4-12(9-11)5-6-15-7-8-18-10-13(14(19)20)16-17-18/h10-12,15H,2-9H2,1H3,(H,19,20). The molecule has 6 heteroatoms. The van der Waals surface area contributed by atoms with Gasteiger partial charge in [0.15, 0.2) is 5.69 Å². The minimum atomic E-state index is -1.03. The Morgan fingerprint density at radius 1 is 1.50 bits per heavy atom. The number of nitrogens with one attached hydrogen (secondary N) is 1. The molecule has 1 saturated carbocycles. The second-order valence-corrected chi connectivity index (χ2v) is 5.85. The van der Waals surface area contributed by atoms with Crippen LogP contribution in [0, 0.1) is 11.8 Å². The summed E-state index contributed by atoms with van der Waals surface area (Å²) in [4.78, 5) is 10.7. The molecule has 2 unspecified atom stereocenters. The van der Waals surface area contributed by atoms with E-state index in [-0.39, 0.29) is 5.69 Å². The van der Waals surface area contributed by atoms with Crippen LogP contribution in [0.2, 0.25) is 0 Å². The first-order valence-corrected chi connectivity index (χ1v) is 7.49. The molecule has 1 fully saturated rings. The molecule has 112 valence electrons. The van der Waals surface area contributed by atoms with Crippen LogP contribution in [0.25, 0.3) is 0 Å². The molecular weight excluding hydrogens is 256 g/mol. The quantitative estimate of drug-likeness (QED) is 0.744. The van der Waals surface area contributed by atoms with Crippen LogP contribution in [0.4, 0.5) is 0 Å². The van der Waals surface area contributed by atoms with E-state index in [1.54, 1.807) is 4.68 Å². The summed E-state index contributed by atoms with van der Waals surface area (Å²) in [7, 11) is 0. The maximum absolute atomic E-state index is 10.7. The van der Waals surface area contributed by atoms with Crippen molar-refractivity contribution >= 4 is 5.97 Å². The summed E-state index contributed by atoms with van der Waals surface area (Å²) in [5.74, 6) is 0.727. The lowest BCUT2D eigenvalue weighted by atomic mass is 9.81. The molecule has 1 aliphatic rings. The van der Waals surface area contributed by atoms with Gasteiger partial charge < -0.3 is 10.4 Å². The Morgan fingerprint density at radius 3 is 3.05 bits per heavy atom. The predicted molar refractivity (Wildman–Crippen MR) is 75.6 cm³/mol. The number of carbonyl (C=O) groups is 1. The van der Waals surface area contributed by atoms with Crippen molar-refractivity contribution in [1.29, 1.82) is 0 Å². The Kier molecular flexibility index (Phi) is 5.52. The number of hydrogen-bond acceptors (Lipinski definition) is 4. The highest BCUT2D eigenvalue weighted by atomic mass is 16.4. The van der Waals surface area contributed by atoms with Gasteiger partial charge in [0.1, 0.15) is 0 Å². The number of aromatic nitrogens is 3. The van der Waals surface area contributed by atoms with E-state index in [0.717, 1.165) is 24.9 Å². The first kappa shape index (κ1) is 15.0. The summed E-state index contributed by atoms with van der Waals surface area (Å²) in [6.07, 6.45) is 8.21. The average molecular weight is 280 g/mol. The van der Waals surface area contributed by atoms with Crippen molar-refractivity contribution in [3.63, 3.8) is 0 Å². The van der Waals surface area contributed by atoms with Gasteiger partial charge in [0.2, 0.25) is 0 Å². The Balaban J connectivity index is 1.58. The zero-order valence-corrected chi connectivity index (χ0v) is 12.1. The third-order valence-electron chi connectivity index (χ3n) is 4.05. The van der Waals surface area contributed by atoms with E-state index < -0.39 is 5.97 Å². The fraction of sp³-hybridized carbons (Fsp3) is 0.786. The second kappa shape index (κ2) is 7.38. The number of rotatable bonds is 7. The zero-order chi connectivity index (χ0) is 14.4. The Hall–Kier alpha value is -1.43. The van der Waals surface area contributed by atoms with Gasteiger partial charge >= 0.3 is 5.97 Å². The van der Waals surface area contributed by atoms with Gasteiger partial charge in [0.05, 0.1) is 12.7 Å². The third kappa shape index (κ3) is 4.59. The van der Waals surface area contributed by atoms with Crippen LogP contribution in [-0.2, 0) is 6.54 Å². The maximum Gasteiger partial charge on any atom is 0.358 e. The smallest absolute Gasteiger partial charge is 0.358 e. The van der Waals surface area contributed by atoms with E-state index in [4.69, 9.17) is 5.11 Å². The molecule has 1 aliphatic carbocycles. The predicted octanol–water partition coefficient (Wildman–Crippen LogP) is 1.78. The van der Waals surface area contributed by atoms with Crippen LogP contribution >= 0.6 is 0 Å². The maximum atomic E-state index is 10.7. The van der Waals surface area contributed by atoms with Crippen molar-refractivity contribution in [2.75, 3.05) is 13.1 Å². The minimum Gasteiger partial charge on any atom is -0.476 e. The molecule has 0 radical (unpaired) electrons. The van der Waals surface area contributed by atoms with E-state index >= 15 is 0 Å². The van der Waals surface area contributed by atoms with Crippen molar-refractivity contribution in [3.8, 4) is 0 Å². The van der Waals surface area contributed by atoms with E-state index in [1.807, 2.05) is 0 Å². The van der Waals surface area contributed by atoms with E-state index in [1.165, 1.54) is 38.3 Å². The Morgan fingerprint density at radius 2 is 2.35 bits per heavy atom. The molecule has 0 saturated heterocycles. The first-order chi connectivity index (χ1) is 9.65. The molecule has 2 rings (SSSR count). The van der Waals surface area contributed by atoms with Crippen molar-refractivity contribution in [2.24, 2.45) is 11.8 Å². The summed E-state index contributed by atoms with van der Waals surface area (Å²) in [6, 6.07) is 0. The number of nitrogens with zero attached hydrogens (tertiary/aromatic N) is 3. The molecule has 0 aromatic carbocycles. The molecule has 0 bridgehead atoms. The van der Waals surface area contributed by atoms with Gasteiger partial charge in [-0.05, 0) is 31.2 Å². The molecule has 1 aromatic rings. The molecule has 1 heterocycles. The monoisotopic (exact) mass is 280 g/mol. The van der Waals surface area contributed by atoms with Gasteiger partial charge in [-0.2, -0.15) is 0 Å². The SMILES string of the molecule is CC1CCCC(CCNCCn2cc(C(=O)O)nn2)C1. The lowest BCUT2D eigenvalue weighted by Crippen LogP contribution is -2.24. The van der Waals surface area contributed by atoms with Gasteiger partial charge in [-0.3, -0.25) is 4.68 Å². The van der Waals surface area contributed by atoms with Crippen molar-refractivity contribution in [3.05, 3.63) is 11.9 Å². The highest BCUT2D eigenvalue weighted by Gasteiger charge is 2.18. The largest absolute Gasteiger partial charge is 0.476 e. The average Bonchev–Trinajstić information content (AvgIpc) is 2.87. The van der Waals surface area contributed by atoms with E-state index in [2.05, 4.69) is 22.6 Å². The summed E-state index contributed by atoms with van der Waals surface area (Å²) >= 11 is 0. The van der Waals surface area contributed by atoms with Crippen molar-refractivity contribution in [2.45, 2.75) is 45.6 Å². The third-order valence-corrected chi connectivity index (χ3v) is 4.05. The van der Waals surface area contributed by atoms with Gasteiger partial charge in [0, 0.05) is 6.54 Å². The molecule has 6 nitrogen and oxygen atoms in total. The minimum absolute atomic E-state index is 0.00110. The van der Waals surface area contributed by atoms with Gasteiger partial charge in [-0.1, -0.05) is 31.4 Å². The Bertz CT molecular complexity index is 433. The highest BCUT2D eigenvalue weighted by molar-refractivity contribution is 5.84. The van der Waals surface area contributed by atoms with Gasteiger partial charge in [0.25, 0.3) is 0 Å². The molecule has 20 heavy (non-hydrogen) atoms. The molecule has 0 aliphatic heterocycles. The molecule has 0 amide bonds. The molecular formula is C14H24N4O2. The van der Waals surface area contributed by atoms with Crippen LogP contribution < -0.4 is 5.32 Å². The molecule has 2 N–H and O–H groups in total. The number of carboxylic acid groups (broad SMARTS) is 1. The molecule has 1 aromatic heterocycles. The van der Waals surface area contributed by atoms with Crippen LogP contribution in [0.15, 0.2) is 6.20 Å². The fourth-order valence-corrected chi connectivity index (χ4v) is 2.95. The number of carboxylic acids is 1. The normalized spacial score (nSPS) is 22.9. The summed E-state index contributed by atoms with van der Waals surface area (Å²) in [5.41, 5.74) is 0.00110. The lowest BCUT2D eigenvalue weighted by Gasteiger charge is -2.26. The lowest BCUT2D eigenvalue weighted by molar-refractivity contribution is 0.0690.